The molecule has 1 aromatic heterocycles. The fourth-order valence-electron chi connectivity index (χ4n) is 1.37. The molecular formula is C8H8INO2S3. The largest absolute Gasteiger partial charge is 0.364 e. The number of sulfone groups is 1. The quantitative estimate of drug-likeness (QED) is 0.513. The number of rotatable bonds is 0. The van der Waals surface area contributed by atoms with E-state index in [0.29, 0.717) is 16.4 Å². The normalized spacial score (nSPS) is 19.9. The Morgan fingerprint density at radius 2 is 2.27 bits per heavy atom. The second kappa shape index (κ2) is 3.94. The van der Waals surface area contributed by atoms with Crippen LogP contribution in [0.1, 0.15) is 4.88 Å². The average molecular weight is 373 g/mol. The number of hydrogen-bond acceptors (Lipinski definition) is 4. The molecule has 0 spiro atoms. The SMILES string of the molecule is CN1CCS(=O)(=O)c2cc(I)sc2C1=S. The van der Waals surface area contributed by atoms with Gasteiger partial charge in [-0.15, -0.1) is 11.3 Å². The number of halogens is 1. The Bertz CT molecular complexity index is 520. The molecule has 3 nitrogen and oxygen atoms in total. The van der Waals surface area contributed by atoms with Crippen molar-refractivity contribution in [2.75, 3.05) is 19.3 Å². The molecule has 0 atom stereocenters. The van der Waals surface area contributed by atoms with Gasteiger partial charge in [0, 0.05) is 13.6 Å². The van der Waals surface area contributed by atoms with E-state index in [9.17, 15) is 8.42 Å². The van der Waals surface area contributed by atoms with Crippen molar-refractivity contribution in [3.05, 3.63) is 13.8 Å². The van der Waals surface area contributed by atoms with Crippen LogP contribution in [-0.4, -0.2) is 37.7 Å². The van der Waals surface area contributed by atoms with E-state index in [1.54, 1.807) is 6.07 Å². The smallest absolute Gasteiger partial charge is 0.181 e. The van der Waals surface area contributed by atoms with Gasteiger partial charge in [-0.1, -0.05) is 12.2 Å². The molecule has 15 heavy (non-hydrogen) atoms. The highest BCUT2D eigenvalue weighted by molar-refractivity contribution is 14.1. The Labute approximate surface area is 112 Å². The zero-order chi connectivity index (χ0) is 11.2. The second-order valence-corrected chi connectivity index (χ2v) is 8.70. The Morgan fingerprint density at radius 1 is 1.60 bits per heavy atom. The van der Waals surface area contributed by atoms with Crippen molar-refractivity contribution in [1.82, 2.24) is 4.90 Å². The van der Waals surface area contributed by atoms with Crippen molar-refractivity contribution in [1.29, 1.82) is 0 Å². The van der Waals surface area contributed by atoms with Crippen LogP contribution in [0.15, 0.2) is 11.0 Å². The first-order valence-corrected chi connectivity index (χ1v) is 8.15. The summed E-state index contributed by atoms with van der Waals surface area (Å²) in [5.41, 5.74) is 0. The maximum atomic E-state index is 11.9. The molecule has 0 radical (unpaired) electrons. The van der Waals surface area contributed by atoms with Crippen molar-refractivity contribution >= 4 is 61.0 Å². The Kier molecular flexibility index (Phi) is 3.08. The fraction of sp³-hybridized carbons (Fsp3) is 0.375. The number of thiophene rings is 1. The van der Waals surface area contributed by atoms with E-state index in [1.807, 2.05) is 11.9 Å². The molecule has 0 saturated carbocycles. The summed E-state index contributed by atoms with van der Waals surface area (Å²) in [5, 5.41) is 0. The van der Waals surface area contributed by atoms with Crippen molar-refractivity contribution in [3.8, 4) is 0 Å². The monoisotopic (exact) mass is 373 g/mol. The molecule has 2 rings (SSSR count). The van der Waals surface area contributed by atoms with Crippen LogP contribution < -0.4 is 0 Å². The van der Waals surface area contributed by atoms with E-state index in [0.717, 1.165) is 7.76 Å². The zero-order valence-corrected chi connectivity index (χ0v) is 12.5. The molecule has 2 heterocycles. The van der Waals surface area contributed by atoms with E-state index >= 15 is 0 Å². The highest BCUT2D eigenvalue weighted by atomic mass is 127. The van der Waals surface area contributed by atoms with Crippen LogP contribution in [0.5, 0.6) is 0 Å². The molecule has 0 unspecified atom stereocenters. The van der Waals surface area contributed by atoms with Gasteiger partial charge in [0.25, 0.3) is 0 Å². The van der Waals surface area contributed by atoms with E-state index in [1.165, 1.54) is 11.3 Å². The summed E-state index contributed by atoms with van der Waals surface area (Å²) >= 11 is 8.82. The summed E-state index contributed by atoms with van der Waals surface area (Å²) in [7, 11) is -1.31. The minimum Gasteiger partial charge on any atom is -0.364 e. The predicted octanol–water partition coefficient (Wildman–Crippen LogP) is 1.75. The summed E-state index contributed by atoms with van der Waals surface area (Å²) in [6, 6.07) is 1.71. The third-order valence-corrected chi connectivity index (χ3v) is 6.63. The Balaban J connectivity index is 2.69. The number of fused-ring (bicyclic) bond motifs is 1. The van der Waals surface area contributed by atoms with E-state index in [2.05, 4.69) is 22.6 Å². The number of hydrogen-bond donors (Lipinski definition) is 0. The number of nitrogens with zero attached hydrogens (tertiary/aromatic N) is 1. The van der Waals surface area contributed by atoms with Crippen LogP contribution in [-0.2, 0) is 9.84 Å². The first kappa shape index (κ1) is 11.7. The van der Waals surface area contributed by atoms with E-state index in [-0.39, 0.29) is 5.75 Å². The van der Waals surface area contributed by atoms with Crippen LogP contribution >= 0.6 is 46.1 Å². The van der Waals surface area contributed by atoms with E-state index < -0.39 is 9.84 Å². The molecule has 1 aliphatic rings. The molecule has 1 aliphatic heterocycles. The molecule has 0 N–H and O–H groups in total. The van der Waals surface area contributed by atoms with Crippen molar-refractivity contribution < 1.29 is 8.42 Å². The van der Waals surface area contributed by atoms with Crippen LogP contribution in [0.4, 0.5) is 0 Å². The predicted molar refractivity (Wildman–Crippen MR) is 73.4 cm³/mol. The number of thiocarbonyl (C=S) groups is 1. The lowest BCUT2D eigenvalue weighted by atomic mass is 10.4. The first-order chi connectivity index (χ1) is 6.92. The van der Waals surface area contributed by atoms with Gasteiger partial charge >= 0.3 is 0 Å². The van der Waals surface area contributed by atoms with Crippen molar-refractivity contribution in [2.45, 2.75) is 4.90 Å². The highest BCUT2D eigenvalue weighted by Gasteiger charge is 2.29. The molecule has 0 aromatic carbocycles. The van der Waals surface area contributed by atoms with Crippen LogP contribution in [0.25, 0.3) is 0 Å². The molecule has 0 bridgehead atoms. The third kappa shape index (κ3) is 2.06. The standard InChI is InChI=1S/C8H8INO2S3/c1-10-2-3-15(11,12)5-4-6(9)14-7(5)8(10)13/h4H,2-3H2,1H3. The lowest BCUT2D eigenvalue weighted by molar-refractivity contribution is 0.540. The summed E-state index contributed by atoms with van der Waals surface area (Å²) < 4.78 is 24.8. The van der Waals surface area contributed by atoms with Crippen LogP contribution in [0, 0.1) is 2.88 Å². The molecule has 0 amide bonds. The second-order valence-electron chi connectivity index (χ2n) is 3.29. The fourth-order valence-corrected chi connectivity index (χ4v) is 5.71. The van der Waals surface area contributed by atoms with Gasteiger partial charge in [0.05, 0.1) is 18.4 Å². The maximum absolute atomic E-state index is 11.9. The molecule has 0 saturated heterocycles. The lowest BCUT2D eigenvalue weighted by Crippen LogP contribution is -2.26. The van der Waals surface area contributed by atoms with Gasteiger partial charge < -0.3 is 4.90 Å². The van der Waals surface area contributed by atoms with Crippen molar-refractivity contribution in [2.24, 2.45) is 0 Å². The van der Waals surface area contributed by atoms with Gasteiger partial charge in [-0.05, 0) is 28.7 Å². The van der Waals surface area contributed by atoms with Gasteiger partial charge in [-0.25, -0.2) is 8.42 Å². The first-order valence-electron chi connectivity index (χ1n) is 4.19. The van der Waals surface area contributed by atoms with Crippen LogP contribution in [0.3, 0.4) is 0 Å². The Morgan fingerprint density at radius 3 is 2.93 bits per heavy atom. The van der Waals surface area contributed by atoms with E-state index in [4.69, 9.17) is 12.2 Å². The minimum atomic E-state index is -3.15. The molecular weight excluding hydrogens is 365 g/mol. The summed E-state index contributed by atoms with van der Waals surface area (Å²) in [5.74, 6) is 0.142. The van der Waals surface area contributed by atoms with Crippen LogP contribution in [0.2, 0.25) is 0 Å². The van der Waals surface area contributed by atoms with Gasteiger partial charge in [-0.2, -0.15) is 0 Å². The van der Waals surface area contributed by atoms with Gasteiger partial charge in [0.2, 0.25) is 0 Å². The lowest BCUT2D eigenvalue weighted by Gasteiger charge is -2.15. The molecule has 0 fully saturated rings. The van der Waals surface area contributed by atoms with Gasteiger partial charge in [0.15, 0.2) is 9.84 Å². The average Bonchev–Trinajstić information content (AvgIpc) is 2.53. The summed E-state index contributed by atoms with van der Waals surface area (Å²) in [6.45, 7) is 0.471. The van der Waals surface area contributed by atoms with Gasteiger partial charge in [-0.3, -0.25) is 0 Å². The molecule has 7 heteroatoms. The highest BCUT2D eigenvalue weighted by Crippen LogP contribution is 2.31. The molecule has 0 aliphatic carbocycles. The summed E-state index contributed by atoms with van der Waals surface area (Å²) in [4.78, 5) is 3.59. The molecule has 82 valence electrons. The third-order valence-electron chi connectivity index (χ3n) is 2.24. The zero-order valence-electron chi connectivity index (χ0n) is 7.86. The van der Waals surface area contributed by atoms with Gasteiger partial charge in [0.1, 0.15) is 4.99 Å². The Hall–Kier alpha value is 0.270. The van der Waals surface area contributed by atoms with Crippen molar-refractivity contribution in [3.63, 3.8) is 0 Å². The summed E-state index contributed by atoms with van der Waals surface area (Å²) in [6.07, 6.45) is 0. The minimum absolute atomic E-state index is 0.142. The topological polar surface area (TPSA) is 37.4 Å². The maximum Gasteiger partial charge on any atom is 0.181 e. The molecule has 1 aromatic rings.